The molecule has 0 amide bonds. The summed E-state index contributed by atoms with van der Waals surface area (Å²) in [4.78, 5) is 0. The van der Waals surface area contributed by atoms with Gasteiger partial charge in [-0.05, 0) is 68.2 Å². The third-order valence-electron chi connectivity index (χ3n) is 6.74. The number of benzene rings is 1. The number of anilines is 1. The number of nitrogens with one attached hydrogen (secondary N) is 1. The highest BCUT2D eigenvalue weighted by Crippen LogP contribution is 2.39. The summed E-state index contributed by atoms with van der Waals surface area (Å²) in [5.74, 6) is 0. The molecule has 1 heteroatoms. The first-order valence-electron chi connectivity index (χ1n) is 12.3. The van der Waals surface area contributed by atoms with Crippen LogP contribution in [0.25, 0.3) is 0 Å². The van der Waals surface area contributed by atoms with E-state index < -0.39 is 0 Å². The number of unbranched alkanes of at least 4 members (excludes halogenated alkanes) is 6. The zero-order valence-corrected chi connectivity index (χ0v) is 20.2. The van der Waals surface area contributed by atoms with E-state index in [-0.39, 0.29) is 0 Å². The fourth-order valence-corrected chi connectivity index (χ4v) is 4.59. The van der Waals surface area contributed by atoms with Crippen LogP contribution in [0.5, 0.6) is 0 Å². The summed E-state index contributed by atoms with van der Waals surface area (Å²) < 4.78 is 0. The second-order valence-electron chi connectivity index (χ2n) is 9.43. The second-order valence-corrected chi connectivity index (χ2v) is 9.43. The molecular weight excluding hydrogens is 338 g/mol. The van der Waals surface area contributed by atoms with Gasteiger partial charge in [-0.2, -0.15) is 0 Å². The van der Waals surface area contributed by atoms with Gasteiger partial charge in [0.2, 0.25) is 0 Å². The fraction of sp³-hybridized carbons (Fsp3) is 0.778. The molecular formula is C27H49N. The first kappa shape index (κ1) is 25.1. The van der Waals surface area contributed by atoms with Crippen LogP contribution in [0.3, 0.4) is 0 Å². The molecule has 0 fully saturated rings. The minimum absolute atomic E-state index is 0.324. The zero-order chi connectivity index (χ0) is 21.0. The molecule has 1 aromatic carbocycles. The Morgan fingerprint density at radius 2 is 1.32 bits per heavy atom. The maximum atomic E-state index is 3.79. The van der Waals surface area contributed by atoms with Gasteiger partial charge in [-0.1, -0.05) is 91.5 Å². The first-order valence-corrected chi connectivity index (χ1v) is 12.3. The van der Waals surface area contributed by atoms with Crippen molar-refractivity contribution in [1.29, 1.82) is 0 Å². The van der Waals surface area contributed by atoms with Gasteiger partial charge in [0.15, 0.2) is 0 Å². The Hall–Kier alpha value is -0.980. The molecule has 0 aromatic heterocycles. The molecule has 0 heterocycles. The van der Waals surface area contributed by atoms with Gasteiger partial charge in [0.25, 0.3) is 0 Å². The Labute approximate surface area is 177 Å². The Kier molecular flexibility index (Phi) is 11.9. The van der Waals surface area contributed by atoms with Gasteiger partial charge in [-0.3, -0.25) is 0 Å². The van der Waals surface area contributed by atoms with Crippen molar-refractivity contribution in [3.63, 3.8) is 0 Å². The van der Waals surface area contributed by atoms with Crippen LogP contribution in [0.1, 0.15) is 128 Å². The number of hydrogen-bond acceptors (Lipinski definition) is 1. The molecule has 1 aromatic rings. The molecule has 0 bridgehead atoms. The minimum Gasteiger partial charge on any atom is -0.382 e. The summed E-state index contributed by atoms with van der Waals surface area (Å²) in [5, 5.41) is 3.79. The lowest BCUT2D eigenvalue weighted by atomic mass is 9.72. The van der Waals surface area contributed by atoms with Crippen molar-refractivity contribution < 1.29 is 0 Å². The Morgan fingerprint density at radius 3 is 1.86 bits per heavy atom. The summed E-state index contributed by atoms with van der Waals surface area (Å²) in [5.41, 5.74) is 6.24. The van der Waals surface area contributed by atoms with Gasteiger partial charge < -0.3 is 5.32 Å². The molecule has 0 radical (unpaired) electrons. The van der Waals surface area contributed by atoms with Gasteiger partial charge in [0.1, 0.15) is 0 Å². The van der Waals surface area contributed by atoms with Crippen molar-refractivity contribution in [2.24, 2.45) is 0 Å². The number of rotatable bonds is 15. The first-order chi connectivity index (χ1) is 13.4. The lowest BCUT2D eigenvalue weighted by molar-refractivity contribution is 0.365. The van der Waals surface area contributed by atoms with Crippen LogP contribution in [-0.2, 0) is 5.41 Å². The highest BCUT2D eigenvalue weighted by atomic mass is 14.9. The number of hydrogen-bond donors (Lipinski definition) is 1. The van der Waals surface area contributed by atoms with Crippen molar-refractivity contribution in [1.82, 2.24) is 0 Å². The van der Waals surface area contributed by atoms with Crippen LogP contribution >= 0.6 is 0 Å². The van der Waals surface area contributed by atoms with Crippen molar-refractivity contribution in [2.45, 2.75) is 137 Å². The van der Waals surface area contributed by atoms with Crippen LogP contribution < -0.4 is 5.32 Å². The molecule has 28 heavy (non-hydrogen) atoms. The highest BCUT2D eigenvalue weighted by Gasteiger charge is 2.28. The molecule has 0 aliphatic carbocycles. The molecule has 0 saturated heterocycles. The Bertz CT molecular complexity index is 535. The van der Waals surface area contributed by atoms with Gasteiger partial charge in [-0.25, -0.2) is 0 Å². The van der Waals surface area contributed by atoms with E-state index in [4.69, 9.17) is 0 Å². The van der Waals surface area contributed by atoms with E-state index in [0.717, 1.165) is 0 Å². The monoisotopic (exact) mass is 387 g/mol. The van der Waals surface area contributed by atoms with E-state index in [1.165, 1.54) is 93.9 Å². The van der Waals surface area contributed by atoms with Crippen molar-refractivity contribution in [3.05, 3.63) is 28.8 Å². The summed E-state index contributed by atoms with van der Waals surface area (Å²) in [6.45, 7) is 16.4. The molecule has 1 atom stereocenters. The van der Waals surface area contributed by atoms with Crippen LogP contribution in [-0.4, -0.2) is 6.04 Å². The minimum atomic E-state index is 0.324. The van der Waals surface area contributed by atoms with Crippen molar-refractivity contribution >= 4 is 5.69 Å². The van der Waals surface area contributed by atoms with E-state index >= 15 is 0 Å². The van der Waals surface area contributed by atoms with Crippen LogP contribution in [0.2, 0.25) is 0 Å². The summed E-state index contributed by atoms with van der Waals surface area (Å²) >= 11 is 0. The highest BCUT2D eigenvalue weighted by molar-refractivity contribution is 5.58. The molecule has 1 unspecified atom stereocenters. The van der Waals surface area contributed by atoms with E-state index in [1.54, 1.807) is 5.56 Å². The third-order valence-corrected chi connectivity index (χ3v) is 6.74. The predicted molar refractivity (Wildman–Crippen MR) is 129 cm³/mol. The molecule has 1 rings (SSSR count). The molecule has 1 nitrogen and oxygen atoms in total. The smallest absolute Gasteiger partial charge is 0.0374 e. The standard InChI is InChI=1S/C27H49N/c1-8-11-14-17-22(4)28-26-19-18-25(23(5)24(26)6)27(7,20-15-12-9-2)21-16-13-10-3/h18-19,22,28H,8-17,20-21H2,1-7H3. The average molecular weight is 388 g/mol. The summed E-state index contributed by atoms with van der Waals surface area (Å²) in [6, 6.07) is 5.36. The molecule has 1 N–H and O–H groups in total. The maximum Gasteiger partial charge on any atom is 0.0374 e. The molecule has 0 aliphatic heterocycles. The van der Waals surface area contributed by atoms with Crippen LogP contribution in [0.4, 0.5) is 5.69 Å². The average Bonchev–Trinajstić information content (AvgIpc) is 2.66. The van der Waals surface area contributed by atoms with E-state index in [2.05, 4.69) is 65.9 Å². The maximum absolute atomic E-state index is 3.79. The zero-order valence-electron chi connectivity index (χ0n) is 20.2. The quantitative estimate of drug-likeness (QED) is 0.296. The largest absolute Gasteiger partial charge is 0.382 e. The van der Waals surface area contributed by atoms with Crippen LogP contribution in [0, 0.1) is 13.8 Å². The van der Waals surface area contributed by atoms with E-state index in [1.807, 2.05) is 0 Å². The predicted octanol–water partition coefficient (Wildman–Crippen LogP) is 9.10. The molecule has 0 spiro atoms. The van der Waals surface area contributed by atoms with E-state index in [0.29, 0.717) is 11.5 Å². The lowest BCUT2D eigenvalue weighted by Gasteiger charge is -2.33. The van der Waals surface area contributed by atoms with Gasteiger partial charge in [-0.15, -0.1) is 0 Å². The summed E-state index contributed by atoms with van der Waals surface area (Å²) in [6.07, 6.45) is 15.9. The van der Waals surface area contributed by atoms with Gasteiger partial charge >= 0.3 is 0 Å². The van der Waals surface area contributed by atoms with Crippen molar-refractivity contribution in [2.75, 3.05) is 5.32 Å². The summed E-state index contributed by atoms with van der Waals surface area (Å²) in [7, 11) is 0. The normalized spacial score (nSPS) is 13.0. The Balaban J connectivity index is 2.97. The third kappa shape index (κ3) is 7.80. The molecule has 162 valence electrons. The van der Waals surface area contributed by atoms with Gasteiger partial charge in [0.05, 0.1) is 0 Å². The molecule has 0 saturated carbocycles. The SMILES string of the molecule is CCCCCC(C)Nc1ccc(C(C)(CCCCC)CCCCC)c(C)c1C. The topological polar surface area (TPSA) is 12.0 Å². The Morgan fingerprint density at radius 1 is 0.786 bits per heavy atom. The fourth-order valence-electron chi connectivity index (χ4n) is 4.59. The second kappa shape index (κ2) is 13.3. The van der Waals surface area contributed by atoms with E-state index in [9.17, 15) is 0 Å². The lowest BCUT2D eigenvalue weighted by Crippen LogP contribution is -2.24. The van der Waals surface area contributed by atoms with Gasteiger partial charge in [0, 0.05) is 11.7 Å². The van der Waals surface area contributed by atoms with Crippen LogP contribution in [0.15, 0.2) is 12.1 Å². The molecule has 0 aliphatic rings. The van der Waals surface area contributed by atoms with Crippen molar-refractivity contribution in [3.8, 4) is 0 Å².